The number of thiophene rings is 1. The van der Waals surface area contributed by atoms with Crippen LogP contribution in [0.15, 0.2) is 59.5 Å². The lowest BCUT2D eigenvalue weighted by Crippen LogP contribution is -2.31. The lowest BCUT2D eigenvalue weighted by Gasteiger charge is -2.25. The Kier molecular flexibility index (Phi) is 6.58. The van der Waals surface area contributed by atoms with Crippen molar-refractivity contribution in [3.8, 4) is 5.75 Å². The van der Waals surface area contributed by atoms with E-state index in [9.17, 15) is 14.7 Å². The molecule has 4 rings (SSSR count). The number of aliphatic hydroxyl groups is 1. The summed E-state index contributed by atoms with van der Waals surface area (Å²) in [6.45, 7) is 4.16. The number of likely N-dealkylation sites (tertiary alicyclic amines) is 1. The molecule has 33 heavy (non-hydrogen) atoms. The number of aryl methyl sites for hydroxylation is 2. The van der Waals surface area contributed by atoms with E-state index in [0.717, 1.165) is 21.6 Å². The predicted molar refractivity (Wildman–Crippen MR) is 131 cm³/mol. The van der Waals surface area contributed by atoms with Gasteiger partial charge in [-0.2, -0.15) is 0 Å². The molecule has 7 heteroatoms. The monoisotopic (exact) mass is 481 g/mol. The number of hydrogen-bond donors (Lipinski definition) is 1. The van der Waals surface area contributed by atoms with E-state index in [0.29, 0.717) is 29.3 Å². The molecule has 1 atom stereocenters. The summed E-state index contributed by atoms with van der Waals surface area (Å²) in [5.41, 5.74) is 3.35. The molecule has 0 spiro atoms. The van der Waals surface area contributed by atoms with Gasteiger partial charge in [0, 0.05) is 16.4 Å². The van der Waals surface area contributed by atoms with Crippen molar-refractivity contribution in [1.29, 1.82) is 0 Å². The zero-order valence-electron chi connectivity index (χ0n) is 18.6. The summed E-state index contributed by atoms with van der Waals surface area (Å²) in [6, 6.07) is 14.1. The van der Waals surface area contributed by atoms with Gasteiger partial charge in [-0.3, -0.25) is 9.59 Å². The van der Waals surface area contributed by atoms with Crippen LogP contribution in [0.2, 0.25) is 5.02 Å². The van der Waals surface area contributed by atoms with E-state index in [1.54, 1.807) is 29.2 Å². The molecule has 3 aromatic rings. The Morgan fingerprint density at radius 3 is 2.48 bits per heavy atom. The minimum absolute atomic E-state index is 0.0885. The summed E-state index contributed by atoms with van der Waals surface area (Å²) in [4.78, 5) is 28.8. The zero-order valence-corrected chi connectivity index (χ0v) is 20.2. The quantitative estimate of drug-likeness (QED) is 0.279. The summed E-state index contributed by atoms with van der Waals surface area (Å²) in [5, 5.41) is 13.9. The van der Waals surface area contributed by atoms with Gasteiger partial charge in [0.25, 0.3) is 11.7 Å². The van der Waals surface area contributed by atoms with E-state index in [1.165, 1.54) is 18.4 Å². The van der Waals surface area contributed by atoms with Crippen LogP contribution in [0.3, 0.4) is 0 Å². The van der Waals surface area contributed by atoms with Gasteiger partial charge in [0.05, 0.1) is 24.3 Å². The maximum absolute atomic E-state index is 13.2. The van der Waals surface area contributed by atoms with E-state index in [1.807, 2.05) is 43.5 Å². The highest BCUT2D eigenvalue weighted by Gasteiger charge is 2.47. The highest BCUT2D eigenvalue weighted by molar-refractivity contribution is 7.10. The molecule has 1 saturated heterocycles. The number of carbonyl (C=O) groups excluding carboxylic acids is 2. The van der Waals surface area contributed by atoms with Crippen LogP contribution in [0.25, 0.3) is 5.76 Å². The van der Waals surface area contributed by atoms with Gasteiger partial charge in [-0.1, -0.05) is 35.4 Å². The lowest BCUT2D eigenvalue weighted by atomic mass is 9.97. The third kappa shape index (κ3) is 4.41. The van der Waals surface area contributed by atoms with Crippen LogP contribution in [-0.4, -0.2) is 35.4 Å². The van der Waals surface area contributed by atoms with Crippen molar-refractivity contribution < 1.29 is 19.4 Å². The standard InChI is InChI=1S/C26H24ClNO4S/c1-15-4-9-20(32-3)19(14-15)23(29)21-22(25-16(2)11-13-33-25)28(26(31)24(21)30)12-10-17-5-7-18(27)8-6-17/h4-9,11,13-14,22,29H,10,12H2,1-3H3/b23-21+. The van der Waals surface area contributed by atoms with Crippen molar-refractivity contribution in [1.82, 2.24) is 4.90 Å². The number of benzene rings is 2. The highest BCUT2D eigenvalue weighted by atomic mass is 35.5. The van der Waals surface area contributed by atoms with Crippen LogP contribution in [-0.2, 0) is 16.0 Å². The molecule has 0 saturated carbocycles. The Bertz CT molecular complexity index is 1250. The molecule has 2 aromatic carbocycles. The van der Waals surface area contributed by atoms with Gasteiger partial charge < -0.3 is 14.7 Å². The van der Waals surface area contributed by atoms with Crippen LogP contribution in [0, 0.1) is 13.8 Å². The minimum atomic E-state index is -0.690. The van der Waals surface area contributed by atoms with Crippen LogP contribution >= 0.6 is 22.9 Å². The van der Waals surface area contributed by atoms with Gasteiger partial charge in [-0.05, 0) is 67.1 Å². The van der Waals surface area contributed by atoms with Gasteiger partial charge in [-0.15, -0.1) is 11.3 Å². The molecule has 1 aliphatic rings. The van der Waals surface area contributed by atoms with Crippen molar-refractivity contribution in [2.75, 3.05) is 13.7 Å². The molecule has 0 aliphatic carbocycles. The Morgan fingerprint density at radius 1 is 1.12 bits per heavy atom. The fourth-order valence-corrected chi connectivity index (χ4v) is 5.27. The number of Topliss-reactive ketones (excluding diaryl/α,β-unsaturated/α-hetero) is 1. The normalized spacial score (nSPS) is 17.6. The van der Waals surface area contributed by atoms with Gasteiger partial charge in [-0.25, -0.2) is 0 Å². The highest BCUT2D eigenvalue weighted by Crippen LogP contribution is 2.43. The number of hydrogen-bond acceptors (Lipinski definition) is 5. The molecule has 1 amide bonds. The average molecular weight is 482 g/mol. The van der Waals surface area contributed by atoms with Gasteiger partial charge in [0.1, 0.15) is 11.5 Å². The van der Waals surface area contributed by atoms with E-state index >= 15 is 0 Å². The Morgan fingerprint density at radius 2 is 1.85 bits per heavy atom. The molecule has 1 N–H and O–H groups in total. The Labute approximate surface area is 201 Å². The van der Waals surface area contributed by atoms with E-state index < -0.39 is 17.7 Å². The van der Waals surface area contributed by atoms with Crippen LogP contribution in [0.1, 0.15) is 33.2 Å². The summed E-state index contributed by atoms with van der Waals surface area (Å²) < 4.78 is 5.42. The maximum atomic E-state index is 13.2. The molecule has 5 nitrogen and oxygen atoms in total. The Balaban J connectivity index is 1.81. The molecule has 1 fully saturated rings. The SMILES string of the molecule is COc1ccc(C)cc1/C(O)=C1\C(=O)C(=O)N(CCc2ccc(Cl)cc2)C1c1sccc1C. The number of carbonyl (C=O) groups is 2. The first kappa shape index (κ1) is 23.1. The van der Waals surface area contributed by atoms with Crippen molar-refractivity contribution >= 4 is 40.4 Å². The smallest absolute Gasteiger partial charge is 0.295 e. The largest absolute Gasteiger partial charge is 0.507 e. The summed E-state index contributed by atoms with van der Waals surface area (Å²) >= 11 is 7.45. The molecule has 0 bridgehead atoms. The fraction of sp³-hybridized carbons (Fsp3) is 0.231. The maximum Gasteiger partial charge on any atom is 0.295 e. The first-order valence-electron chi connectivity index (χ1n) is 10.5. The zero-order chi connectivity index (χ0) is 23.7. The van der Waals surface area contributed by atoms with Crippen molar-refractivity contribution in [3.63, 3.8) is 0 Å². The molecule has 0 radical (unpaired) electrons. The van der Waals surface area contributed by atoms with Gasteiger partial charge >= 0.3 is 0 Å². The van der Waals surface area contributed by atoms with Crippen LogP contribution < -0.4 is 4.74 Å². The number of halogens is 1. The summed E-state index contributed by atoms with van der Waals surface area (Å²) in [7, 11) is 1.51. The third-order valence-electron chi connectivity index (χ3n) is 5.85. The minimum Gasteiger partial charge on any atom is -0.507 e. The second-order valence-electron chi connectivity index (χ2n) is 8.04. The first-order valence-corrected chi connectivity index (χ1v) is 11.8. The topological polar surface area (TPSA) is 66.8 Å². The Hall–Kier alpha value is -3.09. The van der Waals surface area contributed by atoms with E-state index in [2.05, 4.69) is 0 Å². The average Bonchev–Trinajstić information content (AvgIpc) is 3.33. The number of rotatable bonds is 6. The third-order valence-corrected chi connectivity index (χ3v) is 7.18. The number of ether oxygens (including phenoxy) is 1. The number of amides is 1. The first-order chi connectivity index (χ1) is 15.8. The molecule has 170 valence electrons. The number of aliphatic hydroxyl groups excluding tert-OH is 1. The van der Waals surface area contributed by atoms with Gasteiger partial charge in [0.15, 0.2) is 0 Å². The fourth-order valence-electron chi connectivity index (χ4n) is 4.10. The summed E-state index contributed by atoms with van der Waals surface area (Å²) in [6.07, 6.45) is 0.554. The molecule has 1 unspecified atom stereocenters. The lowest BCUT2D eigenvalue weighted by molar-refractivity contribution is -0.139. The van der Waals surface area contributed by atoms with E-state index in [-0.39, 0.29) is 11.3 Å². The molecule has 1 aliphatic heterocycles. The number of methoxy groups -OCH3 is 1. The van der Waals surface area contributed by atoms with Crippen molar-refractivity contribution in [2.45, 2.75) is 26.3 Å². The van der Waals surface area contributed by atoms with Crippen molar-refractivity contribution in [2.24, 2.45) is 0 Å². The number of ketones is 1. The predicted octanol–water partition coefficient (Wildman–Crippen LogP) is 5.69. The second kappa shape index (κ2) is 9.41. The van der Waals surface area contributed by atoms with E-state index in [4.69, 9.17) is 16.3 Å². The number of nitrogens with zero attached hydrogens (tertiary/aromatic N) is 1. The molecular formula is C26H24ClNO4S. The molecule has 1 aromatic heterocycles. The summed E-state index contributed by atoms with van der Waals surface area (Å²) in [5.74, 6) is -1.09. The molecular weight excluding hydrogens is 458 g/mol. The van der Waals surface area contributed by atoms with Crippen molar-refractivity contribution in [3.05, 3.63) is 91.6 Å². The molecule has 2 heterocycles. The van der Waals surface area contributed by atoms with Gasteiger partial charge in [0.2, 0.25) is 0 Å². The van der Waals surface area contributed by atoms with Crippen LogP contribution in [0.5, 0.6) is 5.75 Å². The second-order valence-corrected chi connectivity index (χ2v) is 9.42. The van der Waals surface area contributed by atoms with Crippen LogP contribution in [0.4, 0.5) is 0 Å².